The van der Waals surface area contributed by atoms with Gasteiger partial charge in [-0.3, -0.25) is 9.59 Å². The number of nitrogens with zero attached hydrogens (tertiary/aromatic N) is 2. The number of amides is 2. The van der Waals surface area contributed by atoms with Crippen molar-refractivity contribution in [2.75, 3.05) is 29.9 Å². The van der Waals surface area contributed by atoms with Gasteiger partial charge in [-0.1, -0.05) is 18.6 Å². The molecular formula is C24H29N3O4S. The molecular weight excluding hydrogens is 426 g/mol. The Morgan fingerprint density at radius 2 is 1.69 bits per heavy atom. The van der Waals surface area contributed by atoms with Gasteiger partial charge in [0.25, 0.3) is 0 Å². The van der Waals surface area contributed by atoms with Crippen molar-refractivity contribution in [1.82, 2.24) is 4.31 Å². The highest BCUT2D eigenvalue weighted by atomic mass is 32.2. The fraction of sp³-hybridized carbons (Fsp3) is 0.417. The molecule has 1 N–H and O–H groups in total. The van der Waals surface area contributed by atoms with Gasteiger partial charge < -0.3 is 10.2 Å². The Bertz CT molecular complexity index is 1120. The van der Waals surface area contributed by atoms with Gasteiger partial charge in [-0.2, -0.15) is 4.31 Å². The van der Waals surface area contributed by atoms with Crippen molar-refractivity contribution >= 4 is 33.2 Å². The summed E-state index contributed by atoms with van der Waals surface area (Å²) in [5, 5.41) is 2.83. The SMILES string of the molecule is Cc1cccc(N2C[C@H](C(=O)Nc3ccc(S(=O)(=O)N4CCCCC4)cc3)CC2=O)c1C. The minimum atomic E-state index is -3.51. The van der Waals surface area contributed by atoms with Gasteiger partial charge in [0.1, 0.15) is 0 Å². The first-order valence-corrected chi connectivity index (χ1v) is 12.5. The average molecular weight is 456 g/mol. The summed E-state index contributed by atoms with van der Waals surface area (Å²) in [5.74, 6) is -0.765. The van der Waals surface area contributed by atoms with E-state index in [9.17, 15) is 18.0 Å². The lowest BCUT2D eigenvalue weighted by Crippen LogP contribution is -2.35. The molecule has 0 aliphatic carbocycles. The lowest BCUT2D eigenvalue weighted by Gasteiger charge is -2.25. The van der Waals surface area contributed by atoms with Crippen LogP contribution in [0.5, 0.6) is 0 Å². The predicted molar refractivity (Wildman–Crippen MR) is 124 cm³/mol. The van der Waals surface area contributed by atoms with Crippen molar-refractivity contribution in [3.05, 3.63) is 53.6 Å². The Morgan fingerprint density at radius 3 is 2.38 bits per heavy atom. The fourth-order valence-electron chi connectivity index (χ4n) is 4.35. The molecule has 2 aromatic rings. The maximum atomic E-state index is 12.8. The Labute approximate surface area is 189 Å². The topological polar surface area (TPSA) is 86.8 Å². The molecule has 2 fully saturated rings. The molecule has 170 valence electrons. The summed E-state index contributed by atoms with van der Waals surface area (Å²) in [7, 11) is -3.51. The van der Waals surface area contributed by atoms with Crippen LogP contribution in [0.15, 0.2) is 47.4 Å². The Hall–Kier alpha value is -2.71. The quantitative estimate of drug-likeness (QED) is 0.748. The molecule has 32 heavy (non-hydrogen) atoms. The molecule has 1 atom stereocenters. The van der Waals surface area contributed by atoms with E-state index in [1.165, 1.54) is 16.4 Å². The molecule has 0 unspecified atom stereocenters. The number of rotatable bonds is 5. The first kappa shape index (κ1) is 22.5. The molecule has 4 rings (SSSR count). The maximum absolute atomic E-state index is 12.8. The zero-order chi connectivity index (χ0) is 22.9. The lowest BCUT2D eigenvalue weighted by molar-refractivity contribution is -0.122. The van der Waals surface area contributed by atoms with Gasteiger partial charge in [-0.15, -0.1) is 0 Å². The smallest absolute Gasteiger partial charge is 0.243 e. The van der Waals surface area contributed by atoms with Crippen LogP contribution < -0.4 is 10.2 Å². The zero-order valence-electron chi connectivity index (χ0n) is 18.5. The van der Waals surface area contributed by atoms with Gasteiger partial charge >= 0.3 is 0 Å². The first-order valence-electron chi connectivity index (χ1n) is 11.0. The largest absolute Gasteiger partial charge is 0.326 e. The predicted octanol–water partition coefficient (Wildman–Crippen LogP) is 3.47. The highest BCUT2D eigenvalue weighted by molar-refractivity contribution is 7.89. The second-order valence-corrected chi connectivity index (χ2v) is 10.5. The second-order valence-electron chi connectivity index (χ2n) is 8.60. The van der Waals surface area contributed by atoms with Crippen molar-refractivity contribution in [3.8, 4) is 0 Å². The van der Waals surface area contributed by atoms with Crippen molar-refractivity contribution < 1.29 is 18.0 Å². The molecule has 0 aromatic heterocycles. The molecule has 2 amide bonds. The van der Waals surface area contributed by atoms with Crippen molar-refractivity contribution in [3.63, 3.8) is 0 Å². The standard InChI is InChI=1S/C24H29N3O4S/c1-17-7-6-8-22(18(17)2)27-16-19(15-23(27)28)24(29)25-20-9-11-21(12-10-20)32(30,31)26-13-4-3-5-14-26/h6-12,19H,3-5,13-16H2,1-2H3,(H,25,29)/t19-/m1/s1. The molecule has 2 aromatic carbocycles. The Kier molecular flexibility index (Phi) is 6.35. The summed E-state index contributed by atoms with van der Waals surface area (Å²) >= 11 is 0. The Balaban J connectivity index is 1.42. The minimum absolute atomic E-state index is 0.0678. The summed E-state index contributed by atoms with van der Waals surface area (Å²) in [6.07, 6.45) is 2.97. The van der Waals surface area contributed by atoms with E-state index in [1.807, 2.05) is 32.0 Å². The number of carbonyl (C=O) groups is 2. The van der Waals surface area contributed by atoms with Crippen LogP contribution in [0.2, 0.25) is 0 Å². The van der Waals surface area contributed by atoms with Gasteiger partial charge in [0, 0.05) is 37.4 Å². The van der Waals surface area contributed by atoms with Crippen LogP contribution in [-0.4, -0.2) is 44.2 Å². The first-order chi connectivity index (χ1) is 15.3. The third kappa shape index (κ3) is 4.42. The van der Waals surface area contributed by atoms with Crippen molar-refractivity contribution in [1.29, 1.82) is 0 Å². The number of anilines is 2. The van der Waals surface area contributed by atoms with Crippen molar-refractivity contribution in [2.24, 2.45) is 5.92 Å². The number of nitrogens with one attached hydrogen (secondary N) is 1. The van der Waals surface area contributed by atoms with Gasteiger partial charge in [0.2, 0.25) is 21.8 Å². The molecule has 7 nitrogen and oxygen atoms in total. The zero-order valence-corrected chi connectivity index (χ0v) is 19.3. The van der Waals surface area contributed by atoms with E-state index in [0.717, 1.165) is 36.1 Å². The highest BCUT2D eigenvalue weighted by Gasteiger charge is 2.36. The van der Waals surface area contributed by atoms with E-state index >= 15 is 0 Å². The van der Waals surface area contributed by atoms with Gasteiger partial charge in [0.15, 0.2) is 0 Å². The van der Waals surface area contributed by atoms with Crippen LogP contribution >= 0.6 is 0 Å². The van der Waals surface area contributed by atoms with Crippen LogP contribution in [0, 0.1) is 19.8 Å². The van der Waals surface area contributed by atoms with E-state index in [0.29, 0.717) is 25.3 Å². The molecule has 2 aliphatic heterocycles. The van der Waals surface area contributed by atoms with Crippen LogP contribution in [0.25, 0.3) is 0 Å². The summed E-state index contributed by atoms with van der Waals surface area (Å²) in [6, 6.07) is 12.1. The summed E-state index contributed by atoms with van der Waals surface area (Å²) in [5.41, 5.74) is 3.50. The number of piperidine rings is 1. The van der Waals surface area contributed by atoms with E-state index < -0.39 is 15.9 Å². The van der Waals surface area contributed by atoms with Crippen LogP contribution in [0.3, 0.4) is 0 Å². The normalized spacial score (nSPS) is 19.9. The number of sulfonamides is 1. The lowest BCUT2D eigenvalue weighted by atomic mass is 10.1. The number of hydrogen-bond donors (Lipinski definition) is 1. The van der Waals surface area contributed by atoms with Crippen molar-refractivity contribution in [2.45, 2.75) is 44.4 Å². The number of hydrogen-bond acceptors (Lipinski definition) is 4. The number of carbonyl (C=O) groups excluding carboxylic acids is 2. The average Bonchev–Trinajstić information content (AvgIpc) is 3.18. The molecule has 2 saturated heterocycles. The van der Waals surface area contributed by atoms with E-state index in [4.69, 9.17) is 0 Å². The van der Waals surface area contributed by atoms with Crippen LogP contribution in [-0.2, 0) is 19.6 Å². The van der Waals surface area contributed by atoms with E-state index in [-0.39, 0.29) is 23.1 Å². The second kappa shape index (κ2) is 9.03. The van der Waals surface area contributed by atoms with Crippen LogP contribution in [0.4, 0.5) is 11.4 Å². The molecule has 0 bridgehead atoms. The van der Waals surface area contributed by atoms with Gasteiger partial charge in [-0.25, -0.2) is 8.42 Å². The van der Waals surface area contributed by atoms with Gasteiger partial charge in [0.05, 0.1) is 10.8 Å². The monoisotopic (exact) mass is 455 g/mol. The number of aryl methyl sites for hydroxylation is 1. The van der Waals surface area contributed by atoms with Gasteiger partial charge in [-0.05, 0) is 68.1 Å². The maximum Gasteiger partial charge on any atom is 0.243 e. The molecule has 2 heterocycles. The summed E-state index contributed by atoms with van der Waals surface area (Å²) in [6.45, 7) is 5.40. The summed E-state index contributed by atoms with van der Waals surface area (Å²) in [4.78, 5) is 27.3. The molecule has 0 spiro atoms. The summed E-state index contributed by atoms with van der Waals surface area (Å²) < 4.78 is 27.1. The molecule has 0 saturated carbocycles. The third-order valence-corrected chi connectivity index (χ3v) is 8.35. The van der Waals surface area contributed by atoms with Crippen LogP contribution in [0.1, 0.15) is 36.8 Å². The molecule has 0 radical (unpaired) electrons. The molecule has 8 heteroatoms. The molecule has 2 aliphatic rings. The third-order valence-electron chi connectivity index (χ3n) is 6.44. The fourth-order valence-corrected chi connectivity index (χ4v) is 5.87. The van der Waals surface area contributed by atoms with E-state index in [1.54, 1.807) is 17.0 Å². The highest BCUT2D eigenvalue weighted by Crippen LogP contribution is 2.30. The Morgan fingerprint density at radius 1 is 1.00 bits per heavy atom. The van der Waals surface area contributed by atoms with E-state index in [2.05, 4.69) is 5.32 Å². The minimum Gasteiger partial charge on any atom is -0.326 e. The number of benzene rings is 2.